The van der Waals surface area contributed by atoms with Crippen LogP contribution in [0.5, 0.6) is 0 Å². The van der Waals surface area contributed by atoms with E-state index in [2.05, 4.69) is 185 Å². The molecule has 0 saturated carbocycles. The number of rotatable bonds is 2. The van der Waals surface area contributed by atoms with Gasteiger partial charge in [-0.05, 0) is 148 Å². The quantitative estimate of drug-likeness (QED) is 0.162. The van der Waals surface area contributed by atoms with Gasteiger partial charge in [0.25, 0.3) is 0 Å². The minimum atomic E-state index is 0. The Labute approximate surface area is 378 Å². The number of nitrogens with zero attached hydrogens (tertiary/aromatic N) is 4. The third-order valence-corrected chi connectivity index (χ3v) is 13.3. The van der Waals surface area contributed by atoms with Crippen molar-refractivity contribution in [2.45, 2.75) is 39.5 Å². The molecule has 8 bridgehead atoms. The molecule has 5 heteroatoms. The summed E-state index contributed by atoms with van der Waals surface area (Å²) in [5.41, 5.74) is 14.3. The Kier molecular flexibility index (Phi) is 8.44. The number of benzene rings is 8. The molecule has 0 unspecified atom stereocenters. The normalized spacial score (nSPS) is 12.3. The largest absolute Gasteiger partial charge is 2.00 e. The summed E-state index contributed by atoms with van der Waals surface area (Å²) in [5, 5.41) is 14.0. The first kappa shape index (κ1) is 37.8. The Morgan fingerprint density at radius 3 is 0.952 bits per heavy atom. The van der Waals surface area contributed by atoms with Crippen LogP contribution in [0, 0.1) is 0 Å². The predicted octanol–water partition coefficient (Wildman–Crippen LogP) is 15.4. The van der Waals surface area contributed by atoms with E-state index in [1.807, 2.05) is 0 Å². The molecule has 8 aromatic carbocycles. The van der Waals surface area contributed by atoms with Crippen LogP contribution in [0.3, 0.4) is 0 Å². The Hall–Kier alpha value is -6.90. The van der Waals surface area contributed by atoms with Crippen molar-refractivity contribution in [2.75, 3.05) is 0 Å². The van der Waals surface area contributed by atoms with Gasteiger partial charge >= 0.3 is 20.4 Å². The van der Waals surface area contributed by atoms with Crippen LogP contribution in [0.15, 0.2) is 158 Å². The molecule has 302 valence electrons. The third-order valence-electron chi connectivity index (χ3n) is 13.3. The van der Waals surface area contributed by atoms with Crippen LogP contribution in [-0.2, 0) is 20.4 Å². The fourth-order valence-electron chi connectivity index (χ4n) is 10.4. The van der Waals surface area contributed by atoms with E-state index in [1.54, 1.807) is 0 Å². The van der Waals surface area contributed by atoms with Crippen molar-refractivity contribution in [3.8, 4) is 45.0 Å². The van der Waals surface area contributed by atoms with Gasteiger partial charge in [0.2, 0.25) is 0 Å². The summed E-state index contributed by atoms with van der Waals surface area (Å²) in [5.74, 6) is 0.220. The van der Waals surface area contributed by atoms with Crippen LogP contribution in [0.25, 0.3) is 132 Å². The minimum absolute atomic E-state index is 0. The van der Waals surface area contributed by atoms with Crippen molar-refractivity contribution in [2.24, 2.45) is 0 Å². The molecule has 0 saturated heterocycles. The molecule has 0 radical (unpaired) electrons. The van der Waals surface area contributed by atoms with Crippen molar-refractivity contribution >= 4 is 86.7 Å². The molecular weight excluding hydrogens is 859 g/mol. The first-order valence-corrected chi connectivity index (χ1v) is 21.8. The molecule has 3 aromatic heterocycles. The first-order chi connectivity index (χ1) is 30.3. The molecule has 0 N–H and O–H groups in total. The van der Waals surface area contributed by atoms with E-state index < -0.39 is 0 Å². The van der Waals surface area contributed by atoms with Crippen LogP contribution in [0.1, 0.15) is 50.7 Å². The maximum atomic E-state index is 5.69. The smallest absolute Gasteiger partial charge is 0.656 e. The van der Waals surface area contributed by atoms with Crippen LogP contribution in [0.2, 0.25) is 0 Å². The van der Waals surface area contributed by atoms with Crippen molar-refractivity contribution in [1.29, 1.82) is 0 Å². The fourth-order valence-corrected chi connectivity index (χ4v) is 10.4. The average Bonchev–Trinajstić information content (AvgIpc) is 4.01. The number of hydrogen-bond donors (Lipinski definition) is 0. The van der Waals surface area contributed by atoms with E-state index in [1.165, 1.54) is 43.1 Å². The third kappa shape index (κ3) is 5.70. The van der Waals surface area contributed by atoms with Gasteiger partial charge in [0.05, 0.1) is 22.8 Å². The van der Waals surface area contributed by atoms with Gasteiger partial charge < -0.3 is 9.97 Å². The van der Waals surface area contributed by atoms with Crippen molar-refractivity contribution < 1.29 is 20.4 Å². The molecule has 2 aliphatic rings. The van der Waals surface area contributed by atoms with Gasteiger partial charge in [-0.1, -0.05) is 125 Å². The van der Waals surface area contributed by atoms with Gasteiger partial charge in [-0.2, -0.15) is 0 Å². The zero-order valence-electron chi connectivity index (χ0n) is 35.3. The molecule has 0 atom stereocenters. The van der Waals surface area contributed by atoms with Gasteiger partial charge in [0.15, 0.2) is 0 Å². The van der Waals surface area contributed by atoms with Crippen LogP contribution in [-0.4, -0.2) is 9.97 Å². The molecule has 63 heavy (non-hydrogen) atoms. The summed E-state index contributed by atoms with van der Waals surface area (Å²) < 4.78 is 0. The van der Waals surface area contributed by atoms with Crippen LogP contribution in [0.4, 0.5) is 0 Å². The molecule has 0 aliphatic carbocycles. The number of hydrogen-bond acceptors (Lipinski definition) is 2. The molecule has 0 fully saturated rings. The van der Waals surface area contributed by atoms with Crippen LogP contribution < -0.4 is 9.97 Å². The standard InChI is InChI=1S/C58H40N4.Pd/c1-31(2)53-55-45-25-37-17-9-5-13-33(37)21-41(45)49(59-55)29-51-43-23-35-15-7-11-19-39(35)27-47(43)57(61-51)54(32(3)4)58-48-28-40-20-12-8-16-36(40)24-44(48)52(62-58)30-50-42-22-34-14-6-10-18-38(34)26-46(42)56(53)60-50;/h5-32H,1-4H3;/q-2;+2. The van der Waals surface area contributed by atoms with Gasteiger partial charge in [0, 0.05) is 22.3 Å². The van der Waals surface area contributed by atoms with E-state index in [0.717, 1.165) is 99.8 Å². The Balaban J connectivity index is 0.00000421. The summed E-state index contributed by atoms with van der Waals surface area (Å²) in [7, 11) is 0. The summed E-state index contributed by atoms with van der Waals surface area (Å²) in [4.78, 5) is 22.8. The molecule has 2 aliphatic heterocycles. The van der Waals surface area contributed by atoms with Crippen molar-refractivity contribution in [1.82, 2.24) is 19.9 Å². The second-order valence-corrected chi connectivity index (χ2v) is 17.8. The molecule has 0 amide bonds. The Bertz CT molecular complexity index is 3690. The van der Waals surface area contributed by atoms with Gasteiger partial charge in [-0.3, -0.25) is 0 Å². The zero-order chi connectivity index (χ0) is 41.4. The van der Waals surface area contributed by atoms with Gasteiger partial charge in [-0.15, -0.1) is 22.1 Å². The second-order valence-electron chi connectivity index (χ2n) is 17.8. The topological polar surface area (TPSA) is 54.0 Å². The molecular formula is C58H40N4Pd. The zero-order valence-corrected chi connectivity index (χ0v) is 36.8. The summed E-state index contributed by atoms with van der Waals surface area (Å²) in [6.07, 6.45) is 0. The summed E-state index contributed by atoms with van der Waals surface area (Å²) in [6.45, 7) is 9.11. The number of fused-ring (bicyclic) bond motifs is 24. The fraction of sp³-hybridized carbons (Fsp3) is 0.103. The molecule has 11 aromatic rings. The monoisotopic (exact) mass is 898 g/mol. The van der Waals surface area contributed by atoms with Crippen molar-refractivity contribution in [3.05, 3.63) is 169 Å². The summed E-state index contributed by atoms with van der Waals surface area (Å²) in [6, 6.07) is 57.7. The van der Waals surface area contributed by atoms with E-state index in [9.17, 15) is 0 Å². The van der Waals surface area contributed by atoms with Gasteiger partial charge in [-0.25, -0.2) is 9.97 Å². The predicted molar refractivity (Wildman–Crippen MR) is 261 cm³/mol. The first-order valence-electron chi connectivity index (χ1n) is 21.8. The Morgan fingerprint density at radius 2 is 0.635 bits per heavy atom. The van der Waals surface area contributed by atoms with E-state index in [-0.39, 0.29) is 32.3 Å². The van der Waals surface area contributed by atoms with E-state index in [0.29, 0.717) is 0 Å². The van der Waals surface area contributed by atoms with E-state index in [4.69, 9.17) is 19.9 Å². The maximum Gasteiger partial charge on any atom is 2.00 e. The molecule has 4 nitrogen and oxygen atoms in total. The molecule has 0 spiro atoms. The van der Waals surface area contributed by atoms with Gasteiger partial charge in [0.1, 0.15) is 0 Å². The SMILES string of the molecule is CC(C)c1c2nc(cc3[n-]c(c(C(C)C)c4nc(cc5[n-]c1c1cc6ccccc6cc51)-c1cc5ccccc5cc1-4)c1cc4ccccc4cc31)-c1cc3ccccc3cc1-2.[Pd+2]. The number of aromatic nitrogens is 4. The van der Waals surface area contributed by atoms with Crippen molar-refractivity contribution in [3.63, 3.8) is 0 Å². The summed E-state index contributed by atoms with van der Waals surface area (Å²) >= 11 is 0. The Morgan fingerprint density at radius 1 is 0.349 bits per heavy atom. The minimum Gasteiger partial charge on any atom is -0.656 e. The van der Waals surface area contributed by atoms with E-state index >= 15 is 0 Å². The second kappa shape index (κ2) is 14.1. The average molecular weight is 899 g/mol. The molecule has 5 heterocycles. The van der Waals surface area contributed by atoms with Crippen LogP contribution >= 0.6 is 0 Å². The molecule has 13 rings (SSSR count). The maximum absolute atomic E-state index is 5.69.